The van der Waals surface area contributed by atoms with Gasteiger partial charge in [0.1, 0.15) is 18.5 Å². The Morgan fingerprint density at radius 1 is 1.19 bits per heavy atom. The molecule has 1 fully saturated rings. The second kappa shape index (κ2) is 14.0. The molecule has 9 nitrogen and oxygen atoms in total. The molecule has 13 heteroatoms. The fourth-order valence-corrected chi connectivity index (χ4v) is 5.15. The highest BCUT2D eigenvalue weighted by Crippen LogP contribution is 2.32. The van der Waals surface area contributed by atoms with Crippen molar-refractivity contribution < 1.29 is 42.0 Å². The minimum absolute atomic E-state index is 0.0417. The van der Waals surface area contributed by atoms with Crippen LogP contribution in [0.1, 0.15) is 22.5 Å². The van der Waals surface area contributed by atoms with Crippen molar-refractivity contribution in [2.45, 2.75) is 37.5 Å². The van der Waals surface area contributed by atoms with Crippen molar-refractivity contribution in [3.05, 3.63) is 53.7 Å². The van der Waals surface area contributed by atoms with Crippen molar-refractivity contribution >= 4 is 28.2 Å². The molecule has 0 amide bonds. The molecule has 4 rings (SSSR count). The number of aromatic carboxylic acids is 1. The van der Waals surface area contributed by atoms with Gasteiger partial charge >= 0.3 is 12.1 Å². The van der Waals surface area contributed by atoms with Crippen LogP contribution < -0.4 is 15.4 Å². The number of aliphatic hydroxyl groups excluding tert-OH is 1. The fraction of sp³-hybridized carbons (Fsp3) is 0.433. The van der Waals surface area contributed by atoms with Gasteiger partial charge in [0.05, 0.1) is 54.9 Å². The normalized spacial score (nSPS) is 18.1. The third kappa shape index (κ3) is 8.31. The molecule has 3 aromatic rings. The molecule has 2 heterocycles. The summed E-state index contributed by atoms with van der Waals surface area (Å²) in [5.41, 5.74) is 1.46. The first-order valence-electron chi connectivity index (χ1n) is 13.6. The molecule has 232 valence electrons. The predicted octanol–water partition coefficient (Wildman–Crippen LogP) is 4.21. The number of carboxylic acid groups (broad SMARTS) is 1. The van der Waals surface area contributed by atoms with Crippen LogP contribution in [-0.2, 0) is 11.3 Å². The maximum absolute atomic E-state index is 15.1. The van der Waals surface area contributed by atoms with Gasteiger partial charge in [-0.3, -0.25) is 4.90 Å². The van der Waals surface area contributed by atoms with Crippen LogP contribution in [0, 0.1) is 11.8 Å². The topological polar surface area (TPSA) is 108 Å². The molecule has 2 aromatic carbocycles. The van der Waals surface area contributed by atoms with Gasteiger partial charge in [-0.05, 0) is 48.7 Å². The van der Waals surface area contributed by atoms with Crippen molar-refractivity contribution in [2.75, 3.05) is 57.6 Å². The van der Waals surface area contributed by atoms with Crippen LogP contribution in [-0.4, -0.2) is 97.1 Å². The quantitative estimate of drug-likeness (QED) is 0.190. The molecule has 3 atom stereocenters. The zero-order chi connectivity index (χ0) is 31.1. The number of methoxy groups -OCH3 is 2. The molecule has 1 aliphatic rings. The number of alkyl halides is 4. The monoisotopic (exact) mass is 606 g/mol. The number of ether oxygens (including phenoxy) is 2. The molecule has 2 unspecified atom stereocenters. The Morgan fingerprint density at radius 3 is 2.65 bits per heavy atom. The van der Waals surface area contributed by atoms with E-state index in [1.807, 2.05) is 4.90 Å². The number of hydrogen-bond acceptors (Lipinski definition) is 7. The van der Waals surface area contributed by atoms with Crippen LogP contribution >= 0.6 is 0 Å². The number of aliphatic hydroxyl groups is 1. The summed E-state index contributed by atoms with van der Waals surface area (Å²) in [6.07, 6.45) is -6.05. The first-order chi connectivity index (χ1) is 20.5. The SMILES string of the molecule is COC[C@H](O)CN1CCC(Nc2cccc3c2cc(C#CCNc2ccc(C(=O)O)cc2OC)n3CC(F)(F)F)C(F)C1. The number of nitrogens with one attached hydrogen (secondary N) is 2. The van der Waals surface area contributed by atoms with E-state index in [0.717, 1.165) is 4.57 Å². The summed E-state index contributed by atoms with van der Waals surface area (Å²) in [5.74, 6) is 4.81. The summed E-state index contributed by atoms with van der Waals surface area (Å²) >= 11 is 0. The summed E-state index contributed by atoms with van der Waals surface area (Å²) in [5, 5.41) is 25.8. The lowest BCUT2D eigenvalue weighted by atomic mass is 10.0. The number of β-amino-alcohol motifs (C(OH)–C–C–N with tert-alkyl or cyclic N) is 1. The van der Waals surface area contributed by atoms with Gasteiger partial charge in [-0.15, -0.1) is 0 Å². The van der Waals surface area contributed by atoms with E-state index in [4.69, 9.17) is 14.6 Å². The minimum Gasteiger partial charge on any atom is -0.495 e. The van der Waals surface area contributed by atoms with Crippen molar-refractivity contribution in [1.82, 2.24) is 9.47 Å². The third-order valence-corrected chi connectivity index (χ3v) is 7.11. The summed E-state index contributed by atoms with van der Waals surface area (Å²) in [6.45, 7) is -0.123. The highest BCUT2D eigenvalue weighted by atomic mass is 19.4. The maximum Gasteiger partial charge on any atom is 0.406 e. The average molecular weight is 607 g/mol. The van der Waals surface area contributed by atoms with Gasteiger partial charge in [0.15, 0.2) is 0 Å². The second-order valence-electron chi connectivity index (χ2n) is 10.3. The number of benzene rings is 2. The molecule has 1 saturated heterocycles. The third-order valence-electron chi connectivity index (χ3n) is 7.11. The second-order valence-corrected chi connectivity index (χ2v) is 10.3. The Morgan fingerprint density at radius 2 is 1.98 bits per heavy atom. The van der Waals surface area contributed by atoms with Gasteiger partial charge in [-0.1, -0.05) is 12.0 Å². The van der Waals surface area contributed by atoms with Crippen molar-refractivity contribution in [3.8, 4) is 17.6 Å². The number of piperidine rings is 1. The van der Waals surface area contributed by atoms with E-state index in [-0.39, 0.29) is 43.2 Å². The van der Waals surface area contributed by atoms with E-state index < -0.39 is 37.0 Å². The summed E-state index contributed by atoms with van der Waals surface area (Å²) in [7, 11) is 2.87. The molecule has 0 radical (unpaired) electrons. The average Bonchev–Trinajstić information content (AvgIpc) is 3.29. The number of hydrogen-bond donors (Lipinski definition) is 4. The van der Waals surface area contributed by atoms with E-state index in [0.29, 0.717) is 35.2 Å². The molecular weight excluding hydrogens is 572 g/mol. The largest absolute Gasteiger partial charge is 0.495 e. The number of likely N-dealkylation sites (tertiary alicyclic amines) is 1. The van der Waals surface area contributed by atoms with Gasteiger partial charge < -0.3 is 34.9 Å². The van der Waals surface area contributed by atoms with Gasteiger partial charge in [0.2, 0.25) is 0 Å². The van der Waals surface area contributed by atoms with Crippen LogP contribution in [0.15, 0.2) is 42.5 Å². The number of rotatable bonds is 11. The molecule has 0 spiro atoms. The van der Waals surface area contributed by atoms with Gasteiger partial charge in [0.25, 0.3) is 0 Å². The first-order valence-corrected chi connectivity index (χ1v) is 13.6. The number of carbonyl (C=O) groups is 1. The van der Waals surface area contributed by atoms with E-state index in [1.54, 1.807) is 24.3 Å². The molecule has 43 heavy (non-hydrogen) atoms. The molecule has 0 aliphatic carbocycles. The predicted molar refractivity (Wildman–Crippen MR) is 155 cm³/mol. The number of aromatic nitrogens is 1. The molecule has 4 N–H and O–H groups in total. The summed E-state index contributed by atoms with van der Waals surface area (Å²) in [4.78, 5) is 13.0. The lowest BCUT2D eigenvalue weighted by Gasteiger charge is -2.36. The van der Waals surface area contributed by atoms with Crippen LogP contribution in [0.3, 0.4) is 0 Å². The standard InChI is InChI=1S/C30H34F4N4O5/c1-42-17-21(39)15-37-12-10-25(23(31)16-37)36-24-6-3-7-27-22(24)14-20(38(27)18-30(32,33)34)5-4-11-35-26-9-8-19(29(40)41)13-28(26)43-2/h3,6-9,13-14,21,23,25,35-36,39H,10-12,15-18H2,1-2H3,(H,40,41)/t21-,23?,25?/m1/s1. The highest BCUT2D eigenvalue weighted by Gasteiger charge is 2.32. The Balaban J connectivity index is 1.53. The zero-order valence-corrected chi connectivity index (χ0v) is 23.7. The molecule has 1 aromatic heterocycles. The van der Waals surface area contributed by atoms with Crippen molar-refractivity contribution in [2.24, 2.45) is 0 Å². The summed E-state index contributed by atoms with van der Waals surface area (Å²) in [6, 6.07) is 10.2. The van der Waals surface area contributed by atoms with Crippen LogP contribution in [0.5, 0.6) is 5.75 Å². The summed E-state index contributed by atoms with van der Waals surface area (Å²) < 4.78 is 67.1. The molecule has 0 saturated carbocycles. The molecule has 0 bridgehead atoms. The highest BCUT2D eigenvalue weighted by molar-refractivity contribution is 5.94. The first kappa shape index (κ1) is 31.9. The Kier molecular flexibility index (Phi) is 10.4. The van der Waals surface area contributed by atoms with Crippen LogP contribution in [0.2, 0.25) is 0 Å². The fourth-order valence-electron chi connectivity index (χ4n) is 5.15. The van der Waals surface area contributed by atoms with E-state index in [2.05, 4.69) is 22.5 Å². The smallest absolute Gasteiger partial charge is 0.406 e. The lowest BCUT2D eigenvalue weighted by molar-refractivity contribution is -0.140. The Hall–Kier alpha value is -3.99. The van der Waals surface area contributed by atoms with Crippen molar-refractivity contribution in [3.63, 3.8) is 0 Å². The van der Waals surface area contributed by atoms with Crippen LogP contribution in [0.4, 0.5) is 28.9 Å². The number of anilines is 2. The Labute approximate surface area is 246 Å². The minimum atomic E-state index is -4.51. The zero-order valence-electron chi connectivity index (χ0n) is 23.7. The van der Waals surface area contributed by atoms with Crippen molar-refractivity contribution in [1.29, 1.82) is 0 Å². The number of halogens is 4. The number of nitrogens with zero attached hydrogens (tertiary/aromatic N) is 2. The Bertz CT molecular complexity index is 1480. The van der Waals surface area contributed by atoms with Gasteiger partial charge in [-0.25, -0.2) is 9.18 Å². The van der Waals surface area contributed by atoms with E-state index in [9.17, 15) is 23.1 Å². The van der Waals surface area contributed by atoms with E-state index in [1.165, 1.54) is 32.4 Å². The number of carboxylic acids is 1. The van der Waals surface area contributed by atoms with Gasteiger partial charge in [-0.2, -0.15) is 13.2 Å². The lowest BCUT2D eigenvalue weighted by Crippen LogP contribution is -2.50. The molecular formula is C30H34F4N4O5. The molecule has 1 aliphatic heterocycles. The van der Waals surface area contributed by atoms with Crippen LogP contribution in [0.25, 0.3) is 10.9 Å². The van der Waals surface area contributed by atoms with E-state index >= 15 is 4.39 Å². The maximum atomic E-state index is 15.1. The number of fused-ring (bicyclic) bond motifs is 1. The van der Waals surface area contributed by atoms with Gasteiger partial charge in [0, 0.05) is 37.8 Å².